The minimum atomic E-state index is -0.808. The molecule has 1 amide bonds. The fraction of sp³-hybridized carbons (Fsp3) is 0.647. The third-order valence-electron chi connectivity index (χ3n) is 3.68. The van der Waals surface area contributed by atoms with E-state index < -0.39 is 5.60 Å². The lowest BCUT2D eigenvalue weighted by Gasteiger charge is -2.28. The lowest BCUT2D eigenvalue weighted by atomic mass is 9.96. The van der Waals surface area contributed by atoms with E-state index in [1.165, 1.54) is 0 Å². The fourth-order valence-electron chi connectivity index (χ4n) is 2.39. The van der Waals surface area contributed by atoms with Crippen molar-refractivity contribution in [3.63, 3.8) is 0 Å². The third-order valence-corrected chi connectivity index (χ3v) is 3.68. The number of amides is 1. The highest BCUT2D eigenvalue weighted by molar-refractivity contribution is 5.97. The van der Waals surface area contributed by atoms with E-state index in [1.54, 1.807) is 13.3 Å². The number of ether oxygens (including phenoxy) is 2. The molecule has 0 aromatic carbocycles. The molecule has 22 heavy (non-hydrogen) atoms. The van der Waals surface area contributed by atoms with Crippen LogP contribution in [0.1, 0.15) is 52.0 Å². The molecule has 1 aromatic rings. The van der Waals surface area contributed by atoms with E-state index in [9.17, 15) is 4.79 Å². The van der Waals surface area contributed by atoms with E-state index in [0.717, 1.165) is 24.8 Å². The van der Waals surface area contributed by atoms with Gasteiger partial charge >= 0.3 is 0 Å². The van der Waals surface area contributed by atoms with E-state index >= 15 is 0 Å². The van der Waals surface area contributed by atoms with Crippen LogP contribution in [0.4, 0.5) is 5.69 Å². The van der Waals surface area contributed by atoms with Crippen LogP contribution >= 0.6 is 0 Å². The van der Waals surface area contributed by atoms with Crippen LogP contribution in [-0.4, -0.2) is 30.2 Å². The van der Waals surface area contributed by atoms with E-state index in [0.29, 0.717) is 24.6 Å². The highest BCUT2D eigenvalue weighted by atomic mass is 16.5. The van der Waals surface area contributed by atoms with E-state index in [-0.39, 0.29) is 5.91 Å². The predicted molar refractivity (Wildman–Crippen MR) is 88.3 cm³/mol. The molecule has 124 valence electrons. The second-order valence-corrected chi connectivity index (χ2v) is 5.63. The van der Waals surface area contributed by atoms with Gasteiger partial charge in [-0.1, -0.05) is 26.2 Å². The number of hydrogen-bond acceptors (Lipinski definition) is 4. The van der Waals surface area contributed by atoms with Gasteiger partial charge < -0.3 is 14.8 Å². The molecule has 0 aliphatic rings. The molecular weight excluding hydrogens is 280 g/mol. The van der Waals surface area contributed by atoms with Crippen molar-refractivity contribution in [2.75, 3.05) is 19.0 Å². The lowest BCUT2D eigenvalue weighted by molar-refractivity contribution is -0.139. The van der Waals surface area contributed by atoms with Crippen molar-refractivity contribution in [2.24, 2.45) is 0 Å². The highest BCUT2D eigenvalue weighted by Gasteiger charge is 2.33. The number of nitrogens with zero attached hydrogens (tertiary/aromatic N) is 1. The van der Waals surface area contributed by atoms with Crippen LogP contribution in [0.2, 0.25) is 0 Å². The Bertz CT molecular complexity index is 491. The Labute approximate surface area is 133 Å². The number of pyridine rings is 1. The van der Waals surface area contributed by atoms with Gasteiger partial charge in [0.1, 0.15) is 5.60 Å². The Balaban J connectivity index is 2.79. The van der Waals surface area contributed by atoms with Crippen LogP contribution in [0.25, 0.3) is 0 Å². The zero-order valence-electron chi connectivity index (χ0n) is 14.4. The summed E-state index contributed by atoms with van der Waals surface area (Å²) in [4.78, 5) is 16.8. The number of aromatic nitrogens is 1. The van der Waals surface area contributed by atoms with Crippen molar-refractivity contribution >= 4 is 11.6 Å². The normalized spacial score (nSPS) is 13.5. The Morgan fingerprint density at radius 1 is 1.36 bits per heavy atom. The van der Waals surface area contributed by atoms with Gasteiger partial charge in [0, 0.05) is 12.2 Å². The average molecular weight is 308 g/mol. The summed E-state index contributed by atoms with van der Waals surface area (Å²) in [5.74, 6) is 0.435. The molecule has 1 aromatic heterocycles. The predicted octanol–water partition coefficient (Wildman–Crippen LogP) is 3.71. The molecule has 0 radical (unpaired) electrons. The van der Waals surface area contributed by atoms with E-state index in [4.69, 9.17) is 9.47 Å². The van der Waals surface area contributed by atoms with Crippen molar-refractivity contribution in [3.8, 4) is 5.88 Å². The van der Waals surface area contributed by atoms with Crippen molar-refractivity contribution < 1.29 is 14.3 Å². The Morgan fingerprint density at radius 3 is 2.64 bits per heavy atom. The standard InChI is InChI=1S/C17H28N2O3/c1-6-8-9-10-17(4,22-7-2)16(20)19-14-11-13(3)15(21-5)18-12-14/h11-12H,6-10H2,1-5H3,(H,19,20). The van der Waals surface area contributed by atoms with Gasteiger partial charge in [-0.15, -0.1) is 0 Å². The molecule has 5 nitrogen and oxygen atoms in total. The van der Waals surface area contributed by atoms with Gasteiger partial charge in [0.05, 0.1) is 19.0 Å². The molecule has 1 unspecified atom stereocenters. The van der Waals surface area contributed by atoms with Gasteiger partial charge in [0.15, 0.2) is 0 Å². The number of methoxy groups -OCH3 is 1. The molecule has 0 fully saturated rings. The minimum Gasteiger partial charge on any atom is -0.481 e. The van der Waals surface area contributed by atoms with E-state index in [2.05, 4.69) is 17.2 Å². The van der Waals surface area contributed by atoms with Gasteiger partial charge in [-0.3, -0.25) is 4.79 Å². The van der Waals surface area contributed by atoms with Crippen molar-refractivity contribution in [1.82, 2.24) is 4.98 Å². The maximum Gasteiger partial charge on any atom is 0.256 e. The first kappa shape index (κ1) is 18.4. The van der Waals surface area contributed by atoms with Gasteiger partial charge in [-0.05, 0) is 33.3 Å². The zero-order valence-corrected chi connectivity index (χ0v) is 14.4. The quantitative estimate of drug-likeness (QED) is 0.706. The van der Waals surface area contributed by atoms with Crippen LogP contribution in [0.3, 0.4) is 0 Å². The zero-order chi connectivity index (χ0) is 16.6. The summed E-state index contributed by atoms with van der Waals surface area (Å²) in [6, 6.07) is 1.85. The van der Waals surface area contributed by atoms with Crippen molar-refractivity contribution in [1.29, 1.82) is 0 Å². The summed E-state index contributed by atoms with van der Waals surface area (Å²) in [6.45, 7) is 8.31. The molecule has 1 heterocycles. The monoisotopic (exact) mass is 308 g/mol. The van der Waals surface area contributed by atoms with Gasteiger partial charge in [-0.2, -0.15) is 0 Å². The number of nitrogens with one attached hydrogen (secondary N) is 1. The maximum absolute atomic E-state index is 12.6. The number of carbonyl (C=O) groups is 1. The smallest absolute Gasteiger partial charge is 0.256 e. The SMILES string of the molecule is CCCCCC(C)(OCC)C(=O)Nc1cnc(OC)c(C)c1. The number of unbranched alkanes of at least 4 members (excludes halogenated alkanes) is 2. The molecule has 0 saturated heterocycles. The fourth-order valence-corrected chi connectivity index (χ4v) is 2.39. The number of rotatable bonds is 9. The summed E-state index contributed by atoms with van der Waals surface area (Å²) >= 11 is 0. The van der Waals surface area contributed by atoms with Crippen LogP contribution in [0.15, 0.2) is 12.3 Å². The topological polar surface area (TPSA) is 60.5 Å². The van der Waals surface area contributed by atoms with Gasteiger partial charge in [0.25, 0.3) is 5.91 Å². The van der Waals surface area contributed by atoms with Gasteiger partial charge in [-0.25, -0.2) is 4.98 Å². The summed E-state index contributed by atoms with van der Waals surface area (Å²) in [5, 5.41) is 2.90. The second kappa shape index (κ2) is 8.73. The molecule has 0 aliphatic carbocycles. The van der Waals surface area contributed by atoms with Crippen LogP contribution in [0.5, 0.6) is 5.88 Å². The molecule has 5 heteroatoms. The largest absolute Gasteiger partial charge is 0.481 e. The van der Waals surface area contributed by atoms with Crippen molar-refractivity contribution in [2.45, 2.75) is 59.0 Å². The van der Waals surface area contributed by atoms with E-state index in [1.807, 2.05) is 26.8 Å². The second-order valence-electron chi connectivity index (χ2n) is 5.63. The average Bonchev–Trinajstić information content (AvgIpc) is 2.48. The third kappa shape index (κ3) is 4.98. The summed E-state index contributed by atoms with van der Waals surface area (Å²) in [5.41, 5.74) is 0.728. The molecule has 0 bridgehead atoms. The van der Waals surface area contributed by atoms with Crippen molar-refractivity contribution in [3.05, 3.63) is 17.8 Å². The number of carbonyl (C=O) groups excluding carboxylic acids is 1. The molecule has 0 saturated carbocycles. The number of hydrogen-bond donors (Lipinski definition) is 1. The van der Waals surface area contributed by atoms with Crippen LogP contribution < -0.4 is 10.1 Å². The summed E-state index contributed by atoms with van der Waals surface area (Å²) < 4.78 is 10.9. The highest BCUT2D eigenvalue weighted by Crippen LogP contribution is 2.23. The molecule has 1 atom stereocenters. The van der Waals surface area contributed by atoms with Crippen LogP contribution in [0, 0.1) is 6.92 Å². The Kier molecular flexibility index (Phi) is 7.32. The Hall–Kier alpha value is -1.62. The molecule has 0 spiro atoms. The molecular formula is C17H28N2O3. The maximum atomic E-state index is 12.6. The van der Waals surface area contributed by atoms with Crippen LogP contribution in [-0.2, 0) is 9.53 Å². The molecule has 1 rings (SSSR count). The van der Waals surface area contributed by atoms with Gasteiger partial charge in [0.2, 0.25) is 5.88 Å². The Morgan fingerprint density at radius 2 is 2.09 bits per heavy atom. The minimum absolute atomic E-state index is 0.128. The first-order chi connectivity index (χ1) is 10.5. The summed E-state index contributed by atoms with van der Waals surface area (Å²) in [7, 11) is 1.58. The lowest BCUT2D eigenvalue weighted by Crippen LogP contribution is -2.42. The first-order valence-corrected chi connectivity index (χ1v) is 7.92. The molecule has 0 aliphatic heterocycles. The molecule has 1 N–H and O–H groups in total. The first-order valence-electron chi connectivity index (χ1n) is 7.92. The number of anilines is 1. The summed E-state index contributed by atoms with van der Waals surface area (Å²) in [6.07, 6.45) is 5.50. The number of aryl methyl sites for hydroxylation is 1.